The summed E-state index contributed by atoms with van der Waals surface area (Å²) in [5, 5.41) is 12.8. The van der Waals surface area contributed by atoms with Crippen molar-refractivity contribution < 1.29 is 23.9 Å². The van der Waals surface area contributed by atoms with Crippen LogP contribution < -0.4 is 9.47 Å². The van der Waals surface area contributed by atoms with Gasteiger partial charge in [0.1, 0.15) is 6.61 Å². The quantitative estimate of drug-likeness (QED) is 0.823. The summed E-state index contributed by atoms with van der Waals surface area (Å²) in [6.45, 7) is 3.44. The van der Waals surface area contributed by atoms with Gasteiger partial charge in [0.15, 0.2) is 17.3 Å². The normalized spacial score (nSPS) is 21.7. The van der Waals surface area contributed by atoms with Crippen LogP contribution in [0.25, 0.3) is 0 Å². The van der Waals surface area contributed by atoms with Gasteiger partial charge in [-0.25, -0.2) is 0 Å². The Morgan fingerprint density at radius 1 is 1.30 bits per heavy atom. The Balaban J connectivity index is 1.40. The van der Waals surface area contributed by atoms with E-state index >= 15 is 0 Å². The van der Waals surface area contributed by atoms with E-state index in [-0.39, 0.29) is 30.6 Å². The highest BCUT2D eigenvalue weighted by atomic mass is 16.7. The lowest BCUT2D eigenvalue weighted by atomic mass is 9.76. The van der Waals surface area contributed by atoms with Crippen molar-refractivity contribution in [3.63, 3.8) is 0 Å². The minimum Gasteiger partial charge on any atom is -0.454 e. The first-order valence-corrected chi connectivity index (χ1v) is 9.13. The molecule has 1 saturated heterocycles. The molecule has 0 bridgehead atoms. The van der Waals surface area contributed by atoms with Crippen molar-refractivity contribution in [1.29, 1.82) is 0 Å². The third kappa shape index (κ3) is 3.90. The highest BCUT2D eigenvalue weighted by molar-refractivity contribution is 5.77. The zero-order valence-electron chi connectivity index (χ0n) is 15.3. The van der Waals surface area contributed by atoms with E-state index in [1.165, 1.54) is 5.56 Å². The third-order valence-corrected chi connectivity index (χ3v) is 5.19. The third-order valence-electron chi connectivity index (χ3n) is 5.19. The summed E-state index contributed by atoms with van der Waals surface area (Å²) < 4.78 is 15.7. The maximum Gasteiger partial charge on any atom is 0.252 e. The summed E-state index contributed by atoms with van der Waals surface area (Å²) in [5.41, 5.74) is 1.18. The number of hydrogen-bond acceptors (Lipinski definition) is 7. The van der Waals surface area contributed by atoms with Gasteiger partial charge in [-0.05, 0) is 36.0 Å². The van der Waals surface area contributed by atoms with Crippen LogP contribution in [-0.4, -0.2) is 45.9 Å². The monoisotopic (exact) mass is 373 g/mol. The minimum atomic E-state index is -0.275. The van der Waals surface area contributed by atoms with Crippen LogP contribution >= 0.6 is 0 Å². The molecule has 2 aliphatic rings. The largest absolute Gasteiger partial charge is 0.454 e. The van der Waals surface area contributed by atoms with Gasteiger partial charge in [-0.1, -0.05) is 18.1 Å². The minimum absolute atomic E-state index is 0.00484. The lowest BCUT2D eigenvalue weighted by Gasteiger charge is -2.40. The van der Waals surface area contributed by atoms with Crippen molar-refractivity contribution >= 4 is 5.91 Å². The summed E-state index contributed by atoms with van der Waals surface area (Å²) >= 11 is 0. The van der Waals surface area contributed by atoms with Gasteiger partial charge in [0.2, 0.25) is 12.7 Å². The Bertz CT molecular complexity index is 837. The van der Waals surface area contributed by atoms with Gasteiger partial charge < -0.3 is 24.0 Å². The van der Waals surface area contributed by atoms with Crippen LogP contribution in [0.5, 0.6) is 11.5 Å². The molecular weight excluding hydrogens is 350 g/mol. The van der Waals surface area contributed by atoms with Crippen LogP contribution in [0.1, 0.15) is 37.0 Å². The summed E-state index contributed by atoms with van der Waals surface area (Å²) in [4.78, 5) is 18.3. The molecule has 0 spiro atoms. The number of fused-ring (bicyclic) bond motifs is 1. The van der Waals surface area contributed by atoms with Crippen LogP contribution in [0, 0.1) is 5.41 Å². The van der Waals surface area contributed by atoms with Crippen molar-refractivity contribution in [3.05, 3.63) is 35.5 Å². The predicted octanol–water partition coefficient (Wildman–Crippen LogP) is 1.70. The van der Waals surface area contributed by atoms with Crippen molar-refractivity contribution in [1.82, 2.24) is 15.0 Å². The van der Waals surface area contributed by atoms with Gasteiger partial charge in [0, 0.05) is 25.9 Å². The lowest BCUT2D eigenvalue weighted by Crippen LogP contribution is -2.46. The van der Waals surface area contributed by atoms with Gasteiger partial charge in [0.05, 0.1) is 0 Å². The second-order valence-electron chi connectivity index (χ2n) is 7.50. The summed E-state index contributed by atoms with van der Waals surface area (Å²) in [5.74, 6) is 2.44. The Labute approximate surface area is 157 Å². The van der Waals surface area contributed by atoms with E-state index in [1.807, 2.05) is 17.0 Å². The molecule has 1 aromatic heterocycles. The molecule has 0 aliphatic carbocycles. The number of carbonyl (C=O) groups is 1. The Hall–Kier alpha value is -2.61. The lowest BCUT2D eigenvalue weighted by molar-refractivity contribution is -0.137. The van der Waals surface area contributed by atoms with E-state index in [4.69, 9.17) is 19.1 Å². The molecule has 3 heterocycles. The fraction of sp³-hybridized carbons (Fsp3) is 0.526. The Morgan fingerprint density at radius 3 is 2.96 bits per heavy atom. The van der Waals surface area contributed by atoms with Gasteiger partial charge in [-0.2, -0.15) is 4.98 Å². The maximum absolute atomic E-state index is 12.4. The number of nitrogens with zero attached hydrogens (tertiary/aromatic N) is 3. The van der Waals surface area contributed by atoms with Crippen LogP contribution in [0.15, 0.2) is 22.7 Å². The molecular formula is C19H23N3O5. The number of aliphatic hydroxyl groups is 1. The number of likely N-dealkylation sites (tertiary alicyclic amines) is 1. The van der Waals surface area contributed by atoms with Crippen molar-refractivity contribution in [2.45, 2.75) is 39.2 Å². The number of benzene rings is 1. The zero-order chi connectivity index (χ0) is 18.9. The number of aromatic nitrogens is 2. The van der Waals surface area contributed by atoms with E-state index in [0.29, 0.717) is 31.8 Å². The van der Waals surface area contributed by atoms with E-state index in [2.05, 4.69) is 23.1 Å². The number of hydrogen-bond donors (Lipinski definition) is 1. The van der Waals surface area contributed by atoms with Gasteiger partial charge in [-0.3, -0.25) is 4.79 Å². The van der Waals surface area contributed by atoms with E-state index in [0.717, 1.165) is 24.3 Å². The van der Waals surface area contributed by atoms with Crippen LogP contribution in [0.3, 0.4) is 0 Å². The molecule has 8 nitrogen and oxygen atoms in total. The SMILES string of the molecule is CC1(Cc2ccc3c(c2)OCO3)CCC(=O)N(CCc2noc(CO)n2)C1. The number of carbonyl (C=O) groups excluding carboxylic acids is 1. The molecule has 1 fully saturated rings. The van der Waals surface area contributed by atoms with Crippen molar-refractivity contribution in [2.75, 3.05) is 19.9 Å². The zero-order valence-corrected chi connectivity index (χ0v) is 15.3. The number of amides is 1. The number of ether oxygens (including phenoxy) is 2. The van der Waals surface area contributed by atoms with E-state index < -0.39 is 0 Å². The molecule has 1 atom stereocenters. The number of aliphatic hydroxyl groups excluding tert-OH is 1. The smallest absolute Gasteiger partial charge is 0.252 e. The van der Waals surface area contributed by atoms with Crippen molar-refractivity contribution in [3.8, 4) is 11.5 Å². The molecule has 0 radical (unpaired) electrons. The summed E-state index contributed by atoms with van der Waals surface area (Å²) in [6, 6.07) is 6.04. The molecule has 0 saturated carbocycles. The molecule has 1 aromatic carbocycles. The summed E-state index contributed by atoms with van der Waals surface area (Å²) in [6.07, 6.45) is 2.77. The van der Waals surface area contributed by atoms with Crippen LogP contribution in [0.2, 0.25) is 0 Å². The molecule has 1 amide bonds. The second-order valence-corrected chi connectivity index (χ2v) is 7.50. The highest BCUT2D eigenvalue weighted by Gasteiger charge is 2.35. The van der Waals surface area contributed by atoms with Crippen molar-refractivity contribution in [2.24, 2.45) is 5.41 Å². The average molecular weight is 373 g/mol. The highest BCUT2D eigenvalue weighted by Crippen LogP contribution is 2.37. The molecule has 27 heavy (non-hydrogen) atoms. The van der Waals surface area contributed by atoms with E-state index in [9.17, 15) is 4.79 Å². The average Bonchev–Trinajstić information content (AvgIpc) is 3.31. The Morgan fingerprint density at radius 2 is 2.15 bits per heavy atom. The second kappa shape index (κ2) is 7.19. The first-order valence-electron chi connectivity index (χ1n) is 9.13. The number of rotatable bonds is 6. The standard InChI is InChI=1S/C19H23N3O5/c1-19(9-13-2-3-14-15(8-13)26-12-25-14)6-4-18(24)22(11-19)7-5-16-20-17(10-23)27-21-16/h2-3,8,23H,4-7,9-12H2,1H3. The van der Waals surface area contributed by atoms with Gasteiger partial charge in [0.25, 0.3) is 5.89 Å². The topological polar surface area (TPSA) is 97.9 Å². The molecule has 8 heteroatoms. The maximum atomic E-state index is 12.4. The fourth-order valence-corrected chi connectivity index (χ4v) is 3.78. The van der Waals surface area contributed by atoms with Gasteiger partial charge >= 0.3 is 0 Å². The van der Waals surface area contributed by atoms with Crippen LogP contribution in [0.4, 0.5) is 0 Å². The van der Waals surface area contributed by atoms with Crippen LogP contribution in [-0.2, 0) is 24.2 Å². The first-order chi connectivity index (χ1) is 13.0. The molecule has 4 rings (SSSR count). The molecule has 144 valence electrons. The van der Waals surface area contributed by atoms with E-state index in [1.54, 1.807) is 0 Å². The molecule has 2 aromatic rings. The fourth-order valence-electron chi connectivity index (χ4n) is 3.78. The molecule has 1 N–H and O–H groups in total. The predicted molar refractivity (Wildman–Crippen MR) is 94.1 cm³/mol. The first kappa shape index (κ1) is 17.8. The molecule has 2 aliphatic heterocycles. The Kier molecular flexibility index (Phi) is 4.73. The number of piperidine rings is 1. The summed E-state index contributed by atoms with van der Waals surface area (Å²) in [7, 11) is 0. The van der Waals surface area contributed by atoms with Gasteiger partial charge in [-0.15, -0.1) is 0 Å². The molecule has 1 unspecified atom stereocenters.